The van der Waals surface area contributed by atoms with Gasteiger partial charge in [-0.15, -0.1) is 0 Å². The molecule has 0 N–H and O–H groups in total. The zero-order chi connectivity index (χ0) is 21.5. The van der Waals surface area contributed by atoms with Gasteiger partial charge in [-0.3, -0.25) is 9.98 Å². The zero-order valence-corrected chi connectivity index (χ0v) is 18.0. The second kappa shape index (κ2) is 10.0. The van der Waals surface area contributed by atoms with Gasteiger partial charge in [0.25, 0.3) is 0 Å². The third-order valence-electron chi connectivity index (χ3n) is 5.16. The van der Waals surface area contributed by atoms with Crippen LogP contribution in [0.1, 0.15) is 42.8 Å². The lowest BCUT2D eigenvalue weighted by atomic mass is 10.2. The summed E-state index contributed by atoms with van der Waals surface area (Å²) in [6, 6.07) is 22.2. The number of ether oxygens (including phenoxy) is 2. The first kappa shape index (κ1) is 20.8. The highest BCUT2D eigenvalue weighted by Crippen LogP contribution is 2.16. The highest BCUT2D eigenvalue weighted by atomic mass is 16.5. The molecular formula is C26H27N3O2. The Kier molecular flexibility index (Phi) is 6.72. The molecule has 6 bridgehead atoms. The molecule has 0 radical (unpaired) electrons. The first-order chi connectivity index (χ1) is 15.2. The molecule has 4 aliphatic rings. The first-order valence-corrected chi connectivity index (χ1v) is 10.6. The van der Waals surface area contributed by atoms with Crippen LogP contribution in [-0.2, 0) is 13.1 Å². The second-order valence-corrected chi connectivity index (χ2v) is 7.55. The minimum Gasteiger partial charge on any atom is -0.493 e. The zero-order valence-electron chi connectivity index (χ0n) is 18.0. The molecule has 5 nitrogen and oxygen atoms in total. The summed E-state index contributed by atoms with van der Waals surface area (Å²) in [7, 11) is 0. The minimum absolute atomic E-state index is 0.606. The fourth-order valence-corrected chi connectivity index (χ4v) is 3.24. The summed E-state index contributed by atoms with van der Waals surface area (Å²) >= 11 is 0. The van der Waals surface area contributed by atoms with Gasteiger partial charge in [-0.1, -0.05) is 30.3 Å². The van der Waals surface area contributed by atoms with Crippen LogP contribution in [0.4, 0.5) is 0 Å². The summed E-state index contributed by atoms with van der Waals surface area (Å²) in [6.45, 7) is 6.44. The van der Waals surface area contributed by atoms with Gasteiger partial charge in [0.2, 0.25) is 0 Å². The van der Waals surface area contributed by atoms with Crippen molar-refractivity contribution in [2.75, 3.05) is 13.2 Å². The summed E-state index contributed by atoms with van der Waals surface area (Å²) in [5.41, 5.74) is 5.83. The van der Waals surface area contributed by atoms with Gasteiger partial charge in [0.15, 0.2) is 0 Å². The summed E-state index contributed by atoms with van der Waals surface area (Å²) < 4.78 is 11.6. The standard InChI is InChI=1S/C26H27N3O2/c1-19-25-5-3-6-26(29-25)20(2)28-18-22-9-13-24(14-10-22)31-16-4-15-30-23-11-7-21(8-12-23)17-27-19/h3,5-14H,4,15-18H2,1-2H3/b27-19+,28-20+. The van der Waals surface area contributed by atoms with E-state index in [4.69, 9.17) is 24.4 Å². The van der Waals surface area contributed by atoms with Gasteiger partial charge in [0.1, 0.15) is 11.5 Å². The Balaban J connectivity index is 1.60. The van der Waals surface area contributed by atoms with Crippen molar-refractivity contribution in [3.05, 3.63) is 89.2 Å². The summed E-state index contributed by atoms with van der Waals surface area (Å²) in [6.07, 6.45) is 0.821. The number of rotatable bonds is 0. The Morgan fingerprint density at radius 3 is 1.52 bits per heavy atom. The molecule has 3 aromatic rings. The van der Waals surface area contributed by atoms with Gasteiger partial charge in [-0.05, 0) is 61.4 Å². The molecule has 0 fully saturated rings. The quantitative estimate of drug-likeness (QED) is 0.505. The molecule has 0 saturated carbocycles. The molecule has 7 rings (SSSR count). The third kappa shape index (κ3) is 5.79. The van der Waals surface area contributed by atoms with E-state index < -0.39 is 0 Å². The van der Waals surface area contributed by atoms with E-state index in [1.54, 1.807) is 0 Å². The molecule has 5 heteroatoms. The van der Waals surface area contributed by atoms with Crippen molar-refractivity contribution in [2.24, 2.45) is 9.98 Å². The maximum atomic E-state index is 5.82. The summed E-state index contributed by atoms with van der Waals surface area (Å²) in [5, 5.41) is 0. The van der Waals surface area contributed by atoms with Gasteiger partial charge < -0.3 is 9.47 Å². The van der Waals surface area contributed by atoms with Gasteiger partial charge in [-0.25, -0.2) is 4.98 Å². The molecule has 1 aromatic heterocycles. The van der Waals surface area contributed by atoms with E-state index in [2.05, 4.69) is 24.3 Å². The largest absolute Gasteiger partial charge is 0.493 e. The molecule has 158 valence electrons. The van der Waals surface area contributed by atoms with Gasteiger partial charge >= 0.3 is 0 Å². The molecule has 0 saturated heterocycles. The topological polar surface area (TPSA) is 56.1 Å². The van der Waals surface area contributed by atoms with Crippen LogP contribution in [0.15, 0.2) is 76.7 Å². The first-order valence-electron chi connectivity index (χ1n) is 10.6. The Bertz CT molecular complexity index is 988. The van der Waals surface area contributed by atoms with Crippen molar-refractivity contribution >= 4 is 11.4 Å². The van der Waals surface area contributed by atoms with Crippen molar-refractivity contribution < 1.29 is 9.47 Å². The van der Waals surface area contributed by atoms with Crippen LogP contribution >= 0.6 is 0 Å². The van der Waals surface area contributed by atoms with Crippen molar-refractivity contribution in [1.82, 2.24) is 4.98 Å². The number of benzene rings is 2. The molecule has 4 aliphatic heterocycles. The monoisotopic (exact) mass is 413 g/mol. The van der Waals surface area contributed by atoms with Crippen LogP contribution in [0.2, 0.25) is 0 Å². The van der Waals surface area contributed by atoms with Crippen molar-refractivity contribution in [2.45, 2.75) is 33.4 Å². The second-order valence-electron chi connectivity index (χ2n) is 7.55. The van der Waals surface area contributed by atoms with E-state index in [-0.39, 0.29) is 0 Å². The highest BCUT2D eigenvalue weighted by Gasteiger charge is 2.05. The maximum absolute atomic E-state index is 5.82. The number of nitrogens with zero attached hydrogens (tertiary/aromatic N) is 3. The molecule has 2 aromatic carbocycles. The van der Waals surface area contributed by atoms with Crippen LogP contribution in [0.3, 0.4) is 0 Å². The number of hydrogen-bond acceptors (Lipinski definition) is 5. The van der Waals surface area contributed by atoms with Gasteiger partial charge in [-0.2, -0.15) is 0 Å². The molecule has 0 aliphatic carbocycles. The van der Waals surface area contributed by atoms with Crippen molar-refractivity contribution in [3.8, 4) is 11.5 Å². The molecule has 0 unspecified atom stereocenters. The predicted octanol–water partition coefficient (Wildman–Crippen LogP) is 5.26. The summed E-state index contributed by atoms with van der Waals surface area (Å²) in [5.74, 6) is 1.72. The lowest BCUT2D eigenvalue weighted by Gasteiger charge is -2.09. The number of aliphatic imine (C=N–C) groups is 2. The fourth-order valence-electron chi connectivity index (χ4n) is 3.24. The summed E-state index contributed by atoms with van der Waals surface area (Å²) in [4.78, 5) is 14.2. The van der Waals surface area contributed by atoms with E-state index in [0.29, 0.717) is 26.3 Å². The lowest BCUT2D eigenvalue weighted by molar-refractivity contribution is 0.247. The normalized spacial score (nSPS) is 18.4. The van der Waals surface area contributed by atoms with Crippen LogP contribution in [0.25, 0.3) is 0 Å². The molecular weight excluding hydrogens is 386 g/mol. The molecule has 31 heavy (non-hydrogen) atoms. The van der Waals surface area contributed by atoms with E-state index >= 15 is 0 Å². The number of pyridine rings is 1. The lowest BCUT2D eigenvalue weighted by Crippen LogP contribution is -2.06. The molecule has 0 spiro atoms. The minimum atomic E-state index is 0.606. The maximum Gasteiger partial charge on any atom is 0.119 e. The van der Waals surface area contributed by atoms with E-state index in [9.17, 15) is 0 Å². The van der Waals surface area contributed by atoms with Gasteiger partial charge in [0, 0.05) is 6.42 Å². The average Bonchev–Trinajstić information content (AvgIpc) is 2.82. The van der Waals surface area contributed by atoms with Crippen molar-refractivity contribution in [1.29, 1.82) is 0 Å². The SMILES string of the molecule is C/C1=N\Cc2ccc(cc2)OCCCOc2ccc(cc2)C/N=C(\C)c2cccc1n2. The molecule has 0 amide bonds. The van der Waals surface area contributed by atoms with Crippen LogP contribution in [0.5, 0.6) is 11.5 Å². The fraction of sp³-hybridized carbons (Fsp3) is 0.269. The highest BCUT2D eigenvalue weighted by molar-refractivity contribution is 6.00. The van der Waals surface area contributed by atoms with Crippen LogP contribution < -0.4 is 9.47 Å². The van der Waals surface area contributed by atoms with E-state index in [1.165, 1.54) is 0 Å². The number of aromatic nitrogens is 1. The van der Waals surface area contributed by atoms with Crippen LogP contribution in [-0.4, -0.2) is 29.6 Å². The Hall–Kier alpha value is -3.47. The Morgan fingerprint density at radius 1 is 0.613 bits per heavy atom. The Labute approximate surface area is 183 Å². The Morgan fingerprint density at radius 2 is 1.06 bits per heavy atom. The van der Waals surface area contributed by atoms with Crippen molar-refractivity contribution in [3.63, 3.8) is 0 Å². The van der Waals surface area contributed by atoms with Gasteiger partial charge in [0.05, 0.1) is 49.1 Å². The number of hydrogen-bond donors (Lipinski definition) is 0. The van der Waals surface area contributed by atoms with E-state index in [1.807, 2.05) is 56.3 Å². The smallest absolute Gasteiger partial charge is 0.119 e. The average molecular weight is 414 g/mol. The predicted molar refractivity (Wildman–Crippen MR) is 125 cm³/mol. The molecule has 0 atom stereocenters. The van der Waals surface area contributed by atoms with Crippen LogP contribution in [0, 0.1) is 0 Å². The third-order valence-corrected chi connectivity index (χ3v) is 5.16. The van der Waals surface area contributed by atoms with E-state index in [0.717, 1.165) is 51.9 Å². The molecule has 5 heterocycles.